The maximum atomic E-state index is 14.3. The molecule has 5 heteroatoms. The van der Waals surface area contributed by atoms with E-state index in [1.807, 2.05) is 16.7 Å². The van der Waals surface area contributed by atoms with Crippen LogP contribution in [0.25, 0.3) is 0 Å². The molecule has 0 amide bonds. The Bertz CT molecular complexity index is 456. The van der Waals surface area contributed by atoms with Crippen molar-refractivity contribution in [3.8, 4) is 0 Å². The SMILES string of the molecule is CC(C)CNCc1cc(F)c(N2CCSC(C)C2)c(F)c1. The minimum atomic E-state index is -0.449. The van der Waals surface area contributed by atoms with Crippen molar-refractivity contribution >= 4 is 17.4 Å². The minimum absolute atomic E-state index is 0.134. The first-order chi connectivity index (χ1) is 9.97. The monoisotopic (exact) mass is 314 g/mol. The first-order valence-electron chi connectivity index (χ1n) is 7.52. The van der Waals surface area contributed by atoms with Gasteiger partial charge in [-0.25, -0.2) is 8.78 Å². The molecule has 2 rings (SSSR count). The van der Waals surface area contributed by atoms with Crippen molar-refractivity contribution in [2.24, 2.45) is 5.92 Å². The molecule has 0 radical (unpaired) electrons. The standard InChI is InChI=1S/C16H24F2N2S/c1-11(2)8-19-9-13-6-14(17)16(15(18)7-13)20-4-5-21-12(3)10-20/h6-7,11-12,19H,4-5,8-10H2,1-3H3. The first-order valence-corrected chi connectivity index (χ1v) is 8.57. The lowest BCUT2D eigenvalue weighted by molar-refractivity contribution is 0.541. The Labute approximate surface area is 130 Å². The van der Waals surface area contributed by atoms with Gasteiger partial charge in [0, 0.05) is 30.6 Å². The van der Waals surface area contributed by atoms with Crippen LogP contribution in [0.4, 0.5) is 14.5 Å². The second-order valence-electron chi connectivity index (χ2n) is 6.06. The van der Waals surface area contributed by atoms with Gasteiger partial charge in [0.25, 0.3) is 0 Å². The molecule has 0 aromatic heterocycles. The number of hydrogen-bond donors (Lipinski definition) is 1. The molecule has 1 unspecified atom stereocenters. The Morgan fingerprint density at radius 2 is 2.00 bits per heavy atom. The smallest absolute Gasteiger partial charge is 0.149 e. The van der Waals surface area contributed by atoms with Gasteiger partial charge in [0.15, 0.2) is 0 Å². The summed E-state index contributed by atoms with van der Waals surface area (Å²) in [5.41, 5.74) is 0.795. The number of halogens is 2. The van der Waals surface area contributed by atoms with Crippen LogP contribution >= 0.6 is 11.8 Å². The van der Waals surface area contributed by atoms with Crippen LogP contribution in [-0.4, -0.2) is 30.6 Å². The van der Waals surface area contributed by atoms with Crippen molar-refractivity contribution in [1.82, 2.24) is 5.32 Å². The molecule has 1 N–H and O–H groups in total. The third-order valence-electron chi connectivity index (χ3n) is 3.52. The number of benzene rings is 1. The third-order valence-corrected chi connectivity index (χ3v) is 4.65. The normalized spacial score (nSPS) is 19.3. The van der Waals surface area contributed by atoms with Gasteiger partial charge in [-0.05, 0) is 30.2 Å². The predicted octanol–water partition coefficient (Wildman–Crippen LogP) is 3.65. The van der Waals surface area contributed by atoms with Crippen LogP contribution in [0.15, 0.2) is 12.1 Å². The highest BCUT2D eigenvalue weighted by Gasteiger charge is 2.23. The van der Waals surface area contributed by atoms with E-state index in [9.17, 15) is 8.78 Å². The maximum absolute atomic E-state index is 14.3. The summed E-state index contributed by atoms with van der Waals surface area (Å²) in [6, 6.07) is 2.91. The second kappa shape index (κ2) is 7.45. The number of hydrogen-bond acceptors (Lipinski definition) is 3. The summed E-state index contributed by atoms with van der Waals surface area (Å²) in [6.07, 6.45) is 0. The van der Waals surface area contributed by atoms with E-state index >= 15 is 0 Å². The van der Waals surface area contributed by atoms with Gasteiger partial charge < -0.3 is 10.2 Å². The van der Waals surface area contributed by atoms with E-state index in [0.717, 1.165) is 12.3 Å². The Balaban J connectivity index is 2.09. The third kappa shape index (κ3) is 4.58. The highest BCUT2D eigenvalue weighted by atomic mass is 32.2. The fraction of sp³-hybridized carbons (Fsp3) is 0.625. The Hall–Kier alpha value is -0.810. The Morgan fingerprint density at radius 3 is 2.57 bits per heavy atom. The zero-order valence-electron chi connectivity index (χ0n) is 13.0. The number of nitrogens with zero attached hydrogens (tertiary/aromatic N) is 1. The van der Waals surface area contributed by atoms with Crippen LogP contribution in [-0.2, 0) is 6.54 Å². The van der Waals surface area contributed by atoms with Gasteiger partial charge >= 0.3 is 0 Å². The molecule has 118 valence electrons. The molecule has 1 aromatic carbocycles. The van der Waals surface area contributed by atoms with E-state index in [2.05, 4.69) is 26.1 Å². The molecule has 0 aliphatic carbocycles. The molecule has 0 saturated carbocycles. The lowest BCUT2D eigenvalue weighted by Gasteiger charge is -2.33. The van der Waals surface area contributed by atoms with Gasteiger partial charge in [0.2, 0.25) is 0 Å². The van der Waals surface area contributed by atoms with Crippen molar-refractivity contribution < 1.29 is 8.78 Å². The number of anilines is 1. The van der Waals surface area contributed by atoms with E-state index in [4.69, 9.17) is 0 Å². The van der Waals surface area contributed by atoms with Gasteiger partial charge in [-0.1, -0.05) is 20.8 Å². The summed E-state index contributed by atoms with van der Waals surface area (Å²) in [4.78, 5) is 1.83. The van der Waals surface area contributed by atoms with E-state index < -0.39 is 11.6 Å². The van der Waals surface area contributed by atoms with Crippen molar-refractivity contribution in [3.05, 3.63) is 29.3 Å². The van der Waals surface area contributed by atoms with Crippen LogP contribution in [0, 0.1) is 17.6 Å². The molecule has 1 fully saturated rings. The average molecular weight is 314 g/mol. The molecule has 1 aliphatic heterocycles. The molecule has 1 saturated heterocycles. The molecular weight excluding hydrogens is 290 g/mol. The lowest BCUT2D eigenvalue weighted by Crippen LogP contribution is -2.37. The molecule has 1 aromatic rings. The van der Waals surface area contributed by atoms with Gasteiger partial charge in [-0.15, -0.1) is 0 Å². The van der Waals surface area contributed by atoms with Crippen LogP contribution in [0.2, 0.25) is 0 Å². The van der Waals surface area contributed by atoms with Crippen molar-refractivity contribution in [3.63, 3.8) is 0 Å². The summed E-state index contributed by atoms with van der Waals surface area (Å²) in [5, 5.41) is 3.62. The largest absolute Gasteiger partial charge is 0.365 e. The van der Waals surface area contributed by atoms with Gasteiger partial charge in [-0.3, -0.25) is 0 Å². The quantitative estimate of drug-likeness (QED) is 0.893. The van der Waals surface area contributed by atoms with Gasteiger partial charge in [0.05, 0.1) is 0 Å². The topological polar surface area (TPSA) is 15.3 Å². The molecule has 2 nitrogen and oxygen atoms in total. The highest BCUT2D eigenvalue weighted by Crippen LogP contribution is 2.29. The minimum Gasteiger partial charge on any atom is -0.365 e. The van der Waals surface area contributed by atoms with E-state index in [1.54, 1.807) is 0 Å². The van der Waals surface area contributed by atoms with Crippen LogP contribution in [0.1, 0.15) is 26.3 Å². The zero-order valence-corrected chi connectivity index (χ0v) is 13.8. The molecule has 0 spiro atoms. The average Bonchev–Trinajstić information content (AvgIpc) is 2.37. The molecular formula is C16H24F2N2S. The summed E-state index contributed by atoms with van der Waals surface area (Å²) in [6.45, 7) is 9.04. The number of rotatable bonds is 5. The van der Waals surface area contributed by atoms with Crippen LogP contribution in [0.3, 0.4) is 0 Å². The zero-order chi connectivity index (χ0) is 15.4. The predicted molar refractivity (Wildman–Crippen MR) is 87.0 cm³/mol. The summed E-state index contributed by atoms with van der Waals surface area (Å²) >= 11 is 1.85. The fourth-order valence-electron chi connectivity index (χ4n) is 2.55. The summed E-state index contributed by atoms with van der Waals surface area (Å²) < 4.78 is 28.6. The van der Waals surface area contributed by atoms with Crippen LogP contribution < -0.4 is 10.2 Å². The van der Waals surface area contributed by atoms with E-state index in [1.165, 1.54) is 12.1 Å². The lowest BCUT2D eigenvalue weighted by atomic mass is 10.1. The molecule has 1 heterocycles. The highest BCUT2D eigenvalue weighted by molar-refractivity contribution is 8.00. The van der Waals surface area contributed by atoms with Gasteiger partial charge in [-0.2, -0.15) is 11.8 Å². The van der Waals surface area contributed by atoms with Gasteiger partial charge in [0.1, 0.15) is 17.3 Å². The number of nitrogens with one attached hydrogen (secondary N) is 1. The summed E-state index contributed by atoms with van der Waals surface area (Å²) in [5.74, 6) is 0.537. The molecule has 1 atom stereocenters. The number of thioether (sulfide) groups is 1. The second-order valence-corrected chi connectivity index (χ2v) is 7.61. The molecule has 21 heavy (non-hydrogen) atoms. The fourth-order valence-corrected chi connectivity index (χ4v) is 3.56. The van der Waals surface area contributed by atoms with Crippen molar-refractivity contribution in [1.29, 1.82) is 0 Å². The summed E-state index contributed by atoms with van der Waals surface area (Å²) in [7, 11) is 0. The van der Waals surface area contributed by atoms with Crippen LogP contribution in [0.5, 0.6) is 0 Å². The van der Waals surface area contributed by atoms with E-state index in [-0.39, 0.29) is 5.69 Å². The Kier molecular flexibility index (Phi) is 5.88. The van der Waals surface area contributed by atoms with Crippen molar-refractivity contribution in [2.45, 2.75) is 32.6 Å². The first kappa shape index (κ1) is 16.6. The van der Waals surface area contributed by atoms with Crippen molar-refractivity contribution in [2.75, 3.05) is 30.3 Å². The maximum Gasteiger partial charge on any atom is 0.149 e. The van der Waals surface area contributed by atoms with E-state index in [0.29, 0.717) is 36.4 Å². The molecule has 1 aliphatic rings. The Morgan fingerprint density at radius 1 is 1.33 bits per heavy atom. The molecule has 0 bridgehead atoms.